The van der Waals surface area contributed by atoms with Gasteiger partial charge in [-0.25, -0.2) is 0 Å². The van der Waals surface area contributed by atoms with Crippen LogP contribution in [0.1, 0.15) is 37.5 Å². The van der Waals surface area contributed by atoms with Crippen LogP contribution in [-0.2, 0) is 4.79 Å². The van der Waals surface area contributed by atoms with Crippen LogP contribution in [-0.4, -0.2) is 16.2 Å². The van der Waals surface area contributed by atoms with E-state index in [2.05, 4.69) is 0 Å². The van der Waals surface area contributed by atoms with Crippen LogP contribution in [0, 0.1) is 0 Å². The number of carboxylic acids is 1. The monoisotopic (exact) mass is 198 g/mol. The third kappa shape index (κ3) is 3.62. The number of unbranched alkanes of at least 4 members (excludes halogenated alkanes) is 1. The first-order chi connectivity index (χ1) is 6.70. The van der Waals surface area contributed by atoms with Crippen LogP contribution in [0.15, 0.2) is 22.8 Å². The van der Waals surface area contributed by atoms with E-state index in [4.69, 9.17) is 9.52 Å². The number of aliphatic hydroxyl groups is 1. The molecule has 1 aromatic rings. The van der Waals surface area contributed by atoms with E-state index in [1.54, 1.807) is 12.1 Å². The molecule has 4 nitrogen and oxygen atoms in total. The number of rotatable bonds is 6. The molecule has 4 heteroatoms. The van der Waals surface area contributed by atoms with Gasteiger partial charge in [0.15, 0.2) is 0 Å². The highest BCUT2D eigenvalue weighted by molar-refractivity contribution is 5.66. The van der Waals surface area contributed by atoms with Crippen molar-refractivity contribution >= 4 is 5.97 Å². The maximum absolute atomic E-state index is 10.2. The fourth-order valence-corrected chi connectivity index (χ4v) is 1.24. The first-order valence-electron chi connectivity index (χ1n) is 4.63. The number of hydrogen-bond acceptors (Lipinski definition) is 3. The maximum Gasteiger partial charge on any atom is 0.303 e. The third-order valence-electron chi connectivity index (χ3n) is 1.99. The Morgan fingerprint density at radius 2 is 2.29 bits per heavy atom. The van der Waals surface area contributed by atoms with Crippen LogP contribution in [0.5, 0.6) is 0 Å². The molecule has 0 spiro atoms. The van der Waals surface area contributed by atoms with Crippen LogP contribution >= 0.6 is 0 Å². The van der Waals surface area contributed by atoms with Crippen molar-refractivity contribution in [1.29, 1.82) is 0 Å². The van der Waals surface area contributed by atoms with Crippen molar-refractivity contribution in [2.24, 2.45) is 0 Å². The molecule has 0 saturated heterocycles. The first kappa shape index (κ1) is 10.8. The molecule has 0 saturated carbocycles. The van der Waals surface area contributed by atoms with Gasteiger partial charge in [0.05, 0.1) is 6.26 Å². The zero-order valence-electron chi connectivity index (χ0n) is 7.85. The zero-order chi connectivity index (χ0) is 10.4. The van der Waals surface area contributed by atoms with Gasteiger partial charge >= 0.3 is 5.97 Å². The van der Waals surface area contributed by atoms with Crippen LogP contribution in [0.25, 0.3) is 0 Å². The minimum atomic E-state index is -0.794. The van der Waals surface area contributed by atoms with Crippen LogP contribution in [0.2, 0.25) is 0 Å². The predicted molar refractivity (Wildman–Crippen MR) is 49.8 cm³/mol. The molecule has 0 aromatic carbocycles. The lowest BCUT2D eigenvalue weighted by molar-refractivity contribution is -0.137. The van der Waals surface area contributed by atoms with Gasteiger partial charge in [-0.2, -0.15) is 0 Å². The molecule has 78 valence electrons. The summed E-state index contributed by atoms with van der Waals surface area (Å²) in [5.41, 5.74) is 0. The SMILES string of the molecule is O=C(O)CCCCC(O)c1ccco1. The molecule has 1 heterocycles. The van der Waals surface area contributed by atoms with Crippen LogP contribution in [0.3, 0.4) is 0 Å². The fraction of sp³-hybridized carbons (Fsp3) is 0.500. The number of carboxylic acid groups (broad SMARTS) is 1. The van der Waals surface area contributed by atoms with Crippen molar-refractivity contribution in [3.05, 3.63) is 24.2 Å². The van der Waals surface area contributed by atoms with E-state index in [-0.39, 0.29) is 6.42 Å². The van der Waals surface area contributed by atoms with Crippen LogP contribution < -0.4 is 0 Å². The van der Waals surface area contributed by atoms with E-state index < -0.39 is 12.1 Å². The minimum absolute atomic E-state index is 0.158. The standard InChI is InChI=1S/C10H14O4/c11-8(9-5-3-7-14-9)4-1-2-6-10(12)13/h3,5,7-8,11H,1-2,4,6H2,(H,12,13). The van der Waals surface area contributed by atoms with Crippen molar-refractivity contribution in [1.82, 2.24) is 0 Å². The smallest absolute Gasteiger partial charge is 0.303 e. The quantitative estimate of drug-likeness (QED) is 0.685. The number of hydrogen-bond donors (Lipinski definition) is 2. The second-order valence-corrected chi connectivity index (χ2v) is 3.17. The number of aliphatic hydroxyl groups excluding tert-OH is 1. The molecular formula is C10H14O4. The van der Waals surface area contributed by atoms with E-state index in [9.17, 15) is 9.90 Å². The van der Waals surface area contributed by atoms with Crippen molar-refractivity contribution in [3.8, 4) is 0 Å². The molecule has 0 aliphatic carbocycles. The summed E-state index contributed by atoms with van der Waals surface area (Å²) < 4.78 is 5.01. The van der Waals surface area contributed by atoms with Gasteiger partial charge < -0.3 is 14.6 Å². The Kier molecular flexibility index (Phi) is 4.19. The molecule has 0 fully saturated rings. The summed E-state index contributed by atoms with van der Waals surface area (Å²) in [6, 6.07) is 3.43. The van der Waals surface area contributed by atoms with E-state index in [0.717, 1.165) is 0 Å². The molecule has 0 amide bonds. The highest BCUT2D eigenvalue weighted by atomic mass is 16.4. The Morgan fingerprint density at radius 3 is 2.86 bits per heavy atom. The van der Waals surface area contributed by atoms with Crippen molar-refractivity contribution in [2.75, 3.05) is 0 Å². The molecule has 0 aliphatic rings. The lowest BCUT2D eigenvalue weighted by Gasteiger charge is -2.05. The van der Waals surface area contributed by atoms with E-state index in [0.29, 0.717) is 25.0 Å². The summed E-state index contributed by atoms with van der Waals surface area (Å²) in [6.07, 6.45) is 2.88. The summed E-state index contributed by atoms with van der Waals surface area (Å²) in [5, 5.41) is 17.9. The summed E-state index contributed by atoms with van der Waals surface area (Å²) in [5.74, 6) is -0.252. The van der Waals surface area contributed by atoms with Gasteiger partial charge in [0.1, 0.15) is 11.9 Å². The Morgan fingerprint density at radius 1 is 1.50 bits per heavy atom. The average molecular weight is 198 g/mol. The lowest BCUT2D eigenvalue weighted by Crippen LogP contribution is -1.98. The van der Waals surface area contributed by atoms with Gasteiger partial charge in [-0.3, -0.25) is 4.79 Å². The van der Waals surface area contributed by atoms with Gasteiger partial charge in [0, 0.05) is 6.42 Å². The zero-order valence-corrected chi connectivity index (χ0v) is 7.85. The van der Waals surface area contributed by atoms with Gasteiger partial charge in [-0.1, -0.05) is 0 Å². The highest BCUT2D eigenvalue weighted by Crippen LogP contribution is 2.19. The van der Waals surface area contributed by atoms with Gasteiger partial charge in [0.25, 0.3) is 0 Å². The summed E-state index contributed by atoms with van der Waals surface area (Å²) in [6.45, 7) is 0. The maximum atomic E-state index is 10.2. The Bertz CT molecular complexity index is 266. The molecule has 14 heavy (non-hydrogen) atoms. The van der Waals surface area contributed by atoms with E-state index in [1.165, 1.54) is 6.26 Å². The highest BCUT2D eigenvalue weighted by Gasteiger charge is 2.09. The number of furan rings is 1. The summed E-state index contributed by atoms with van der Waals surface area (Å²) >= 11 is 0. The molecular weight excluding hydrogens is 184 g/mol. The van der Waals surface area contributed by atoms with Gasteiger partial charge in [0.2, 0.25) is 0 Å². The van der Waals surface area contributed by atoms with Crippen LogP contribution in [0.4, 0.5) is 0 Å². The summed E-state index contributed by atoms with van der Waals surface area (Å²) in [4.78, 5) is 10.2. The summed E-state index contributed by atoms with van der Waals surface area (Å²) in [7, 11) is 0. The van der Waals surface area contributed by atoms with Gasteiger partial charge in [-0.15, -0.1) is 0 Å². The largest absolute Gasteiger partial charge is 0.481 e. The van der Waals surface area contributed by atoms with Crippen molar-refractivity contribution in [3.63, 3.8) is 0 Å². The van der Waals surface area contributed by atoms with E-state index in [1.807, 2.05) is 0 Å². The average Bonchev–Trinajstić information content (AvgIpc) is 2.64. The number of aliphatic carboxylic acids is 1. The van der Waals surface area contributed by atoms with E-state index >= 15 is 0 Å². The lowest BCUT2D eigenvalue weighted by atomic mass is 10.1. The molecule has 1 rings (SSSR count). The topological polar surface area (TPSA) is 70.7 Å². The minimum Gasteiger partial charge on any atom is -0.481 e. The fourth-order valence-electron chi connectivity index (χ4n) is 1.24. The molecule has 0 aliphatic heterocycles. The Labute approximate surface area is 82.2 Å². The predicted octanol–water partition coefficient (Wildman–Crippen LogP) is 1.96. The molecule has 0 bridgehead atoms. The first-order valence-corrected chi connectivity index (χ1v) is 4.63. The molecule has 1 unspecified atom stereocenters. The van der Waals surface area contributed by atoms with Crippen molar-refractivity contribution < 1.29 is 19.4 Å². The third-order valence-corrected chi connectivity index (χ3v) is 1.99. The number of carbonyl (C=O) groups is 1. The molecule has 1 aromatic heterocycles. The molecule has 1 atom stereocenters. The Balaban J connectivity index is 2.16. The normalized spacial score (nSPS) is 12.6. The molecule has 2 N–H and O–H groups in total. The van der Waals surface area contributed by atoms with Gasteiger partial charge in [-0.05, 0) is 31.4 Å². The second-order valence-electron chi connectivity index (χ2n) is 3.17. The molecule has 0 radical (unpaired) electrons. The Hall–Kier alpha value is -1.29. The second kappa shape index (κ2) is 5.44. The van der Waals surface area contributed by atoms with Crippen molar-refractivity contribution in [2.45, 2.75) is 31.8 Å².